The third kappa shape index (κ3) is 2.96. The van der Waals surface area contributed by atoms with Gasteiger partial charge in [-0.05, 0) is 24.3 Å². The highest BCUT2D eigenvalue weighted by Gasteiger charge is 2.06. The van der Waals surface area contributed by atoms with Crippen LogP contribution in [0.4, 0.5) is 10.2 Å². The van der Waals surface area contributed by atoms with Crippen molar-refractivity contribution in [3.8, 4) is 5.75 Å². The first kappa shape index (κ1) is 12.8. The molecule has 0 unspecified atom stereocenters. The number of hydrogen-bond donors (Lipinski definition) is 2. The lowest BCUT2D eigenvalue weighted by atomic mass is 10.2. The Balaban J connectivity index is 2.11. The van der Waals surface area contributed by atoms with Gasteiger partial charge in [0.25, 0.3) is 0 Å². The molecule has 3 N–H and O–H groups in total. The first-order valence-corrected chi connectivity index (χ1v) is 5.98. The van der Waals surface area contributed by atoms with E-state index < -0.39 is 5.82 Å². The van der Waals surface area contributed by atoms with Crippen LogP contribution < -0.4 is 16.0 Å². The fraction of sp³-hybridized carbons (Fsp3) is 0.0833. The average molecular weight is 312 g/mol. The van der Waals surface area contributed by atoms with Gasteiger partial charge in [0.2, 0.25) is 0 Å². The highest BCUT2D eigenvalue weighted by molar-refractivity contribution is 9.10. The number of nitrogens with zero attached hydrogens (tertiary/aromatic N) is 1. The summed E-state index contributed by atoms with van der Waals surface area (Å²) in [6.07, 6.45) is 1.61. The van der Waals surface area contributed by atoms with E-state index in [-0.39, 0.29) is 12.4 Å². The van der Waals surface area contributed by atoms with Crippen molar-refractivity contribution in [3.63, 3.8) is 0 Å². The minimum atomic E-state index is -0.421. The third-order valence-corrected chi connectivity index (χ3v) is 2.80. The van der Waals surface area contributed by atoms with Gasteiger partial charge in [-0.25, -0.2) is 15.2 Å². The zero-order valence-electron chi connectivity index (χ0n) is 9.36. The van der Waals surface area contributed by atoms with Gasteiger partial charge in [-0.2, -0.15) is 0 Å². The number of hydrazine groups is 1. The maximum absolute atomic E-state index is 13.5. The Labute approximate surface area is 112 Å². The SMILES string of the molecule is NNc1ncccc1COc1ccc(Br)cc1F. The van der Waals surface area contributed by atoms with Crippen molar-refractivity contribution in [2.45, 2.75) is 6.61 Å². The van der Waals surface area contributed by atoms with Crippen LogP contribution in [0.2, 0.25) is 0 Å². The topological polar surface area (TPSA) is 60.2 Å². The Morgan fingerprint density at radius 2 is 2.22 bits per heavy atom. The minimum absolute atomic E-state index is 0.185. The second-order valence-corrected chi connectivity index (χ2v) is 4.43. The van der Waals surface area contributed by atoms with Crippen molar-refractivity contribution in [1.82, 2.24) is 4.98 Å². The average Bonchev–Trinajstić information content (AvgIpc) is 2.38. The standard InChI is InChI=1S/C12H11BrFN3O/c13-9-3-4-11(10(14)6-9)18-7-8-2-1-5-16-12(8)17-15/h1-6H,7,15H2,(H,16,17). The normalized spacial score (nSPS) is 10.2. The molecule has 1 heterocycles. The number of benzene rings is 1. The van der Waals surface area contributed by atoms with E-state index in [0.29, 0.717) is 10.3 Å². The van der Waals surface area contributed by atoms with Crippen molar-refractivity contribution in [3.05, 3.63) is 52.4 Å². The van der Waals surface area contributed by atoms with Crippen LogP contribution in [0.3, 0.4) is 0 Å². The van der Waals surface area contributed by atoms with Gasteiger partial charge >= 0.3 is 0 Å². The molecule has 18 heavy (non-hydrogen) atoms. The molecule has 0 aliphatic carbocycles. The number of pyridine rings is 1. The summed E-state index contributed by atoms with van der Waals surface area (Å²) in [5, 5.41) is 0. The third-order valence-electron chi connectivity index (χ3n) is 2.31. The summed E-state index contributed by atoms with van der Waals surface area (Å²) < 4.78 is 19.6. The minimum Gasteiger partial charge on any atom is -0.486 e. The summed E-state index contributed by atoms with van der Waals surface area (Å²) >= 11 is 3.18. The van der Waals surface area contributed by atoms with Crippen LogP contribution in [0.5, 0.6) is 5.75 Å². The molecule has 0 fully saturated rings. The van der Waals surface area contributed by atoms with Gasteiger partial charge in [-0.1, -0.05) is 22.0 Å². The molecule has 0 saturated carbocycles. The molecule has 0 aliphatic rings. The first-order valence-electron chi connectivity index (χ1n) is 5.19. The molecule has 4 nitrogen and oxygen atoms in total. The summed E-state index contributed by atoms with van der Waals surface area (Å²) in [5.41, 5.74) is 3.22. The fourth-order valence-corrected chi connectivity index (χ4v) is 1.77. The van der Waals surface area contributed by atoms with E-state index in [1.54, 1.807) is 30.5 Å². The second kappa shape index (κ2) is 5.79. The van der Waals surface area contributed by atoms with E-state index in [1.807, 2.05) is 0 Å². The maximum atomic E-state index is 13.5. The highest BCUT2D eigenvalue weighted by atomic mass is 79.9. The number of hydrogen-bond acceptors (Lipinski definition) is 4. The van der Waals surface area contributed by atoms with Gasteiger partial charge < -0.3 is 10.2 Å². The molecule has 2 rings (SSSR count). The molecule has 0 radical (unpaired) electrons. The Morgan fingerprint density at radius 3 is 2.94 bits per heavy atom. The lowest BCUT2D eigenvalue weighted by molar-refractivity contribution is 0.290. The number of aromatic nitrogens is 1. The van der Waals surface area contributed by atoms with Crippen molar-refractivity contribution in [1.29, 1.82) is 0 Å². The van der Waals surface area contributed by atoms with Gasteiger partial charge in [0.05, 0.1) is 0 Å². The molecule has 0 aliphatic heterocycles. The zero-order valence-corrected chi connectivity index (χ0v) is 10.9. The van der Waals surface area contributed by atoms with Crippen molar-refractivity contribution in [2.75, 3.05) is 5.43 Å². The predicted molar refractivity (Wildman–Crippen MR) is 70.5 cm³/mol. The van der Waals surface area contributed by atoms with Gasteiger partial charge in [0, 0.05) is 16.2 Å². The second-order valence-electron chi connectivity index (χ2n) is 3.52. The quantitative estimate of drug-likeness (QED) is 0.673. The monoisotopic (exact) mass is 311 g/mol. The van der Waals surface area contributed by atoms with Crippen LogP contribution in [0.15, 0.2) is 41.0 Å². The van der Waals surface area contributed by atoms with E-state index in [9.17, 15) is 4.39 Å². The predicted octanol–water partition coefficient (Wildman–Crippen LogP) is 2.85. The van der Waals surface area contributed by atoms with Gasteiger partial charge in [0.1, 0.15) is 12.4 Å². The van der Waals surface area contributed by atoms with Crippen LogP contribution in [-0.4, -0.2) is 4.98 Å². The highest BCUT2D eigenvalue weighted by Crippen LogP contribution is 2.23. The Kier molecular flexibility index (Phi) is 4.11. The number of nitrogens with two attached hydrogens (primary N) is 1. The van der Waals surface area contributed by atoms with Crippen molar-refractivity contribution < 1.29 is 9.13 Å². The van der Waals surface area contributed by atoms with Gasteiger partial charge in [0.15, 0.2) is 11.6 Å². The molecule has 1 aromatic heterocycles. The molecule has 0 atom stereocenters. The fourth-order valence-electron chi connectivity index (χ4n) is 1.43. The number of anilines is 1. The van der Waals surface area contributed by atoms with Gasteiger partial charge in [-0.3, -0.25) is 0 Å². The van der Waals surface area contributed by atoms with Crippen LogP contribution in [0, 0.1) is 5.82 Å². The summed E-state index contributed by atoms with van der Waals surface area (Å²) in [4.78, 5) is 4.03. The van der Waals surface area contributed by atoms with Crippen molar-refractivity contribution in [2.24, 2.45) is 5.84 Å². The Hall–Kier alpha value is -1.66. The molecule has 1 aromatic carbocycles. The van der Waals surface area contributed by atoms with E-state index in [1.165, 1.54) is 6.07 Å². The number of ether oxygens (including phenoxy) is 1. The van der Waals surface area contributed by atoms with Crippen LogP contribution >= 0.6 is 15.9 Å². The molecular formula is C12H11BrFN3O. The maximum Gasteiger partial charge on any atom is 0.166 e. The number of halogens is 2. The molecule has 0 saturated heterocycles. The van der Waals surface area contributed by atoms with Crippen LogP contribution in [0.25, 0.3) is 0 Å². The Morgan fingerprint density at radius 1 is 1.39 bits per heavy atom. The molecule has 0 amide bonds. The number of rotatable bonds is 4. The summed E-state index contributed by atoms with van der Waals surface area (Å²) in [6.45, 7) is 0.186. The van der Waals surface area contributed by atoms with Crippen LogP contribution in [-0.2, 0) is 6.61 Å². The Bertz CT molecular complexity index is 551. The smallest absolute Gasteiger partial charge is 0.166 e. The summed E-state index contributed by atoms with van der Waals surface area (Å²) in [6, 6.07) is 8.19. The lowest BCUT2D eigenvalue weighted by Crippen LogP contribution is -2.12. The van der Waals surface area contributed by atoms with E-state index in [0.717, 1.165) is 5.56 Å². The van der Waals surface area contributed by atoms with E-state index >= 15 is 0 Å². The first-order chi connectivity index (χ1) is 8.70. The molecule has 94 valence electrons. The van der Waals surface area contributed by atoms with Crippen molar-refractivity contribution >= 4 is 21.7 Å². The van der Waals surface area contributed by atoms with E-state index in [4.69, 9.17) is 10.6 Å². The number of nitrogen functional groups attached to an aromatic ring is 1. The number of nitrogens with one attached hydrogen (secondary N) is 1. The lowest BCUT2D eigenvalue weighted by Gasteiger charge is -2.10. The van der Waals surface area contributed by atoms with Crippen LogP contribution in [0.1, 0.15) is 5.56 Å². The molecule has 0 bridgehead atoms. The summed E-state index contributed by atoms with van der Waals surface area (Å²) in [7, 11) is 0. The molecule has 0 spiro atoms. The summed E-state index contributed by atoms with van der Waals surface area (Å²) in [5.74, 6) is 5.59. The zero-order chi connectivity index (χ0) is 13.0. The van der Waals surface area contributed by atoms with Gasteiger partial charge in [-0.15, -0.1) is 0 Å². The van der Waals surface area contributed by atoms with E-state index in [2.05, 4.69) is 26.3 Å². The molecule has 2 aromatic rings. The largest absolute Gasteiger partial charge is 0.486 e. The molecular weight excluding hydrogens is 301 g/mol. The molecule has 6 heteroatoms.